The maximum absolute atomic E-state index is 13.7. The molecular formula is C42H48N2O14S. The van der Waals surface area contributed by atoms with Gasteiger partial charge >= 0.3 is 0 Å². The Balaban J connectivity index is 1.16. The van der Waals surface area contributed by atoms with Gasteiger partial charge in [0.15, 0.2) is 0 Å². The van der Waals surface area contributed by atoms with E-state index in [4.69, 9.17) is 28.4 Å². The summed E-state index contributed by atoms with van der Waals surface area (Å²) < 4.78 is 34.2. The highest BCUT2D eigenvalue weighted by Crippen LogP contribution is 2.37. The third-order valence-corrected chi connectivity index (χ3v) is 11.2. The first-order valence-electron chi connectivity index (χ1n) is 18.8. The van der Waals surface area contributed by atoms with Crippen molar-refractivity contribution in [3.05, 3.63) is 119 Å². The number of hydrogen-bond acceptors (Lipinski definition) is 15. The van der Waals surface area contributed by atoms with Gasteiger partial charge < -0.3 is 69.7 Å². The van der Waals surface area contributed by atoms with Gasteiger partial charge in [-0.15, -0.1) is 0 Å². The average Bonchev–Trinajstić information content (AvgIpc) is 3.27. The molecule has 0 saturated carbocycles. The molecule has 8 N–H and O–H groups in total. The Morgan fingerprint density at radius 3 is 1.31 bits per heavy atom. The molecule has 2 amide bonds. The number of carbonyl (C=O) groups is 2. The van der Waals surface area contributed by atoms with E-state index in [-0.39, 0.29) is 24.3 Å². The molecule has 2 heterocycles. The third kappa shape index (κ3) is 10.8. The molecule has 2 aliphatic rings. The summed E-state index contributed by atoms with van der Waals surface area (Å²) in [5.74, 6) is -0.173. The summed E-state index contributed by atoms with van der Waals surface area (Å²) in [7, 11) is 2.85. The summed E-state index contributed by atoms with van der Waals surface area (Å²) in [6.07, 6.45) is -9.10. The Morgan fingerprint density at radius 1 is 0.576 bits per heavy atom. The number of ether oxygens (including phenoxy) is 6. The van der Waals surface area contributed by atoms with Crippen LogP contribution in [-0.4, -0.2) is 129 Å². The molecule has 2 aliphatic heterocycles. The summed E-state index contributed by atoms with van der Waals surface area (Å²) in [4.78, 5) is 27.3. The fourth-order valence-corrected chi connectivity index (χ4v) is 7.97. The molecule has 0 aliphatic carbocycles. The van der Waals surface area contributed by atoms with Gasteiger partial charge in [-0.1, -0.05) is 72.4 Å². The first kappa shape index (κ1) is 43.6. The van der Waals surface area contributed by atoms with Crippen molar-refractivity contribution in [3.63, 3.8) is 0 Å². The maximum Gasteiger partial charge on any atom is 0.251 e. The fourth-order valence-electron chi connectivity index (χ4n) is 6.63. The Hall–Kier alpha value is -4.95. The highest BCUT2D eigenvalue weighted by Gasteiger charge is 2.51. The summed E-state index contributed by atoms with van der Waals surface area (Å²) in [5, 5.41) is 70.8. The van der Waals surface area contributed by atoms with Gasteiger partial charge in [0.1, 0.15) is 83.7 Å². The minimum Gasteiger partial charge on any atom is -0.497 e. The quantitative estimate of drug-likeness (QED) is 0.0797. The van der Waals surface area contributed by atoms with E-state index in [2.05, 4.69) is 10.6 Å². The van der Waals surface area contributed by atoms with E-state index in [0.29, 0.717) is 34.8 Å². The molecule has 17 heteroatoms. The van der Waals surface area contributed by atoms with Gasteiger partial charge in [0.2, 0.25) is 0 Å². The molecule has 4 aromatic rings. The van der Waals surface area contributed by atoms with E-state index in [1.165, 1.54) is 38.5 Å². The first-order chi connectivity index (χ1) is 28.5. The van der Waals surface area contributed by atoms with Crippen molar-refractivity contribution in [2.75, 3.05) is 27.4 Å². The molecular weight excluding hydrogens is 789 g/mol. The second-order valence-corrected chi connectivity index (χ2v) is 15.1. The van der Waals surface area contributed by atoms with E-state index >= 15 is 0 Å². The minimum absolute atomic E-state index is 0.0818. The number of thioether (sulfide) groups is 1. The van der Waals surface area contributed by atoms with E-state index in [1.54, 1.807) is 12.1 Å². The number of aliphatic hydroxyl groups is 6. The van der Waals surface area contributed by atoms with Crippen LogP contribution in [0, 0.1) is 0 Å². The number of rotatable bonds is 16. The lowest BCUT2D eigenvalue weighted by molar-refractivity contribution is -0.175. The standard InChI is InChI=1S/C42H48N2O14S/c1-53-27-13-25(15-29(17-27)55-21-23-9-5-3-6-10-23)39(51)43-33-35(47)31(19-45)57-41(37(33)49)59-42-38(50)34(36(48)32(20-46)58-42)44-40(52)26-14-28(54-2)18-30(16-26)56-22-24-11-7-4-8-12-24/h3-18,31-38,41-42,45-50H,19-22H2,1-2H3,(H,43,51)(H,44,52)/t31-,32+,33-,34?,35-,36-,37+,38?,41?,42?/m0/s1. The van der Waals surface area contributed by atoms with Crippen molar-refractivity contribution >= 4 is 23.6 Å². The van der Waals surface area contributed by atoms with Crippen LogP contribution in [0.2, 0.25) is 0 Å². The van der Waals surface area contributed by atoms with Crippen molar-refractivity contribution in [3.8, 4) is 23.0 Å². The van der Waals surface area contributed by atoms with Crippen LogP contribution < -0.4 is 29.6 Å². The molecule has 0 bridgehead atoms. The first-order valence-corrected chi connectivity index (χ1v) is 19.7. The van der Waals surface area contributed by atoms with Gasteiger partial charge in [0, 0.05) is 23.3 Å². The lowest BCUT2D eigenvalue weighted by Gasteiger charge is -2.46. The topological polar surface area (TPSA) is 235 Å². The Kier molecular flexibility index (Phi) is 15.0. The second-order valence-electron chi connectivity index (χ2n) is 13.9. The van der Waals surface area contributed by atoms with Crippen LogP contribution >= 0.6 is 11.8 Å². The van der Waals surface area contributed by atoms with Crippen LogP contribution in [0.4, 0.5) is 0 Å². The molecule has 10 atom stereocenters. The molecule has 2 fully saturated rings. The molecule has 0 aromatic heterocycles. The number of aliphatic hydroxyl groups excluding tert-OH is 6. The molecule has 4 unspecified atom stereocenters. The lowest BCUT2D eigenvalue weighted by atomic mass is 9.96. The Bertz CT molecular complexity index is 1850. The number of nitrogens with one attached hydrogen (secondary N) is 2. The van der Waals surface area contributed by atoms with Crippen molar-refractivity contribution in [1.82, 2.24) is 10.6 Å². The predicted octanol–water partition coefficient (Wildman–Crippen LogP) is 1.37. The zero-order valence-electron chi connectivity index (χ0n) is 32.2. The monoisotopic (exact) mass is 836 g/mol. The van der Waals surface area contributed by atoms with Gasteiger partial charge in [0.05, 0.1) is 39.5 Å². The third-order valence-electron chi connectivity index (χ3n) is 9.89. The smallest absolute Gasteiger partial charge is 0.251 e. The number of methoxy groups -OCH3 is 2. The van der Waals surface area contributed by atoms with Crippen LogP contribution in [0.25, 0.3) is 0 Å². The molecule has 316 valence electrons. The predicted molar refractivity (Wildman–Crippen MR) is 213 cm³/mol. The lowest BCUT2D eigenvalue weighted by Crippen LogP contribution is -2.66. The summed E-state index contributed by atoms with van der Waals surface area (Å²) in [6.45, 7) is -1.00. The summed E-state index contributed by atoms with van der Waals surface area (Å²) in [6, 6.07) is 25.0. The van der Waals surface area contributed by atoms with Crippen LogP contribution in [0.1, 0.15) is 31.8 Å². The molecule has 59 heavy (non-hydrogen) atoms. The molecule has 6 rings (SSSR count). The molecule has 16 nitrogen and oxygen atoms in total. The van der Waals surface area contributed by atoms with E-state index in [9.17, 15) is 40.2 Å². The second kappa shape index (κ2) is 20.3. The highest BCUT2D eigenvalue weighted by atomic mass is 32.2. The number of hydrogen-bond donors (Lipinski definition) is 8. The van der Waals surface area contributed by atoms with Crippen LogP contribution in [0.3, 0.4) is 0 Å². The van der Waals surface area contributed by atoms with Gasteiger partial charge in [-0.3, -0.25) is 9.59 Å². The average molecular weight is 837 g/mol. The van der Waals surface area contributed by atoms with E-state index < -0.39 is 84.6 Å². The largest absolute Gasteiger partial charge is 0.497 e. The normalized spacial score (nSPS) is 26.6. The van der Waals surface area contributed by atoms with E-state index in [1.807, 2.05) is 60.7 Å². The number of amides is 2. The van der Waals surface area contributed by atoms with Gasteiger partial charge in [-0.25, -0.2) is 0 Å². The summed E-state index contributed by atoms with van der Waals surface area (Å²) >= 11 is 0.708. The SMILES string of the molecule is COc1cc(OCc2ccccc2)cc(C(=O)NC2C(O)C(SC3O[C@@H](CO)[C@H](O)[C@H](NC(=O)c4cc(OC)cc(OCc5ccccc5)c4)[C@H]3O)O[C@H](CO)[C@@H]2O)c1. The van der Waals surface area contributed by atoms with E-state index in [0.717, 1.165) is 11.1 Å². The number of benzene rings is 4. The molecule has 0 spiro atoms. The van der Waals surface area contributed by atoms with Crippen LogP contribution in [0.5, 0.6) is 23.0 Å². The summed E-state index contributed by atoms with van der Waals surface area (Å²) in [5.41, 5.74) is -0.764. The Morgan fingerprint density at radius 2 is 0.949 bits per heavy atom. The zero-order chi connectivity index (χ0) is 42.1. The van der Waals surface area contributed by atoms with Crippen molar-refractivity contribution < 1.29 is 68.6 Å². The molecule has 0 radical (unpaired) electrons. The van der Waals surface area contributed by atoms with Crippen molar-refractivity contribution in [2.45, 2.75) is 72.8 Å². The maximum atomic E-state index is 13.7. The van der Waals surface area contributed by atoms with Gasteiger partial charge in [-0.2, -0.15) is 0 Å². The highest BCUT2D eigenvalue weighted by molar-refractivity contribution is 8.00. The van der Waals surface area contributed by atoms with Crippen molar-refractivity contribution in [2.24, 2.45) is 0 Å². The molecule has 2 saturated heterocycles. The van der Waals surface area contributed by atoms with Gasteiger partial charge in [0.25, 0.3) is 11.8 Å². The number of carbonyl (C=O) groups excluding carboxylic acids is 2. The molecule has 4 aromatic carbocycles. The minimum atomic E-state index is -1.66. The van der Waals surface area contributed by atoms with Crippen molar-refractivity contribution in [1.29, 1.82) is 0 Å². The zero-order valence-corrected chi connectivity index (χ0v) is 33.0. The fraction of sp³-hybridized carbons (Fsp3) is 0.381. The Labute approximate surface area is 344 Å². The van der Waals surface area contributed by atoms with Gasteiger partial charge in [-0.05, 0) is 35.4 Å². The van der Waals surface area contributed by atoms with Crippen LogP contribution in [0.15, 0.2) is 97.1 Å². The van der Waals surface area contributed by atoms with Crippen LogP contribution in [-0.2, 0) is 22.7 Å².